The number of nitrogens with one attached hydrogen (secondary N) is 15. The number of hydrogen-bond donors (Lipinski definition) is 23. The third-order valence-electron chi connectivity index (χ3n) is 21.1. The molecule has 0 bridgehead atoms. The van der Waals surface area contributed by atoms with Crippen molar-refractivity contribution in [3.63, 3.8) is 0 Å². The van der Waals surface area contributed by atoms with Crippen molar-refractivity contribution in [3.8, 4) is 5.75 Å². The smallest absolute Gasteiger partial charge is 0.312 e. The van der Waals surface area contributed by atoms with Crippen molar-refractivity contribution in [2.45, 2.75) is 246 Å². The van der Waals surface area contributed by atoms with E-state index in [0.29, 0.717) is 38.7 Å². The highest BCUT2D eigenvalue weighted by atomic mass is 33.1. The molecule has 6 rings (SSSR count). The van der Waals surface area contributed by atoms with Gasteiger partial charge in [0.15, 0.2) is 0 Å². The van der Waals surface area contributed by atoms with Gasteiger partial charge in [-0.3, -0.25) is 76.7 Å². The molecule has 5 aromatic rings. The van der Waals surface area contributed by atoms with Gasteiger partial charge in [-0.05, 0) is 158 Å². The first-order valence-corrected chi connectivity index (χ1v) is 44.1. The molecule has 1 unspecified atom stereocenters. The number of urea groups is 1. The highest BCUT2D eigenvalue weighted by molar-refractivity contribution is 8.77. The molecule has 43 heteroatoms. The molecule has 14 atom stereocenters. The topological polar surface area (TPSA) is 680 Å². The standard InChI is InChI=1S/C85H123N21O20S2/c1-44-19-17-22-55-53(43-94-65(44)55)40-60-74(117)96-56(24-18-35-93-82(91)125)72(115)105-69(84(8,9)128-127-83(6,7)68(95-48(5)110)79(122)101-62(42-64(89)112)76(119)104-67(46(3)108)78(121)99-60)80(123)100-58(38-49-26-29-54(30-27-49)126-36-33-87)73(116)97-59(39-50-25-28-51-20-11-12-21-52(51)37-50)77(120)106-85(10,31-14-15-32-86)81(124)102-57(23-13-16-34-92-47(4)109)71(114)98-61(41-63(88)111)75(118)103-66(45(2)107)70(90)113/h11-12,17,19-22,25-30,37,43,45-46,56-62,66-69,94,107-108H,13-16,18,23-24,31-36,38-42,86-87H2,1-10H3,(H2,88,111)(H2,89,112)(H2,90,113)(H,92,109)(H,95,110)(H,96,117)(H,97,116)(H,98,114)(H,99,121)(H,100,123)(H,101,122)(H,102,124)(H,103,118)(H,104,119)(H,105,115)(H,106,120)(H3,91,93,125)/t45-,46+,56-,57-,58-,59-,60-,61-,62-,66?,67-,68+,69+,85-/m0/s1. The Hall–Kier alpha value is -12.2. The van der Waals surface area contributed by atoms with Crippen molar-refractivity contribution in [2.24, 2.45) is 34.4 Å². The van der Waals surface area contributed by atoms with Crippen molar-refractivity contribution in [1.82, 2.24) is 79.4 Å². The number of benzene rings is 4. The first-order valence-electron chi connectivity index (χ1n) is 41.9. The lowest BCUT2D eigenvalue weighted by molar-refractivity contribution is -0.138. The lowest BCUT2D eigenvalue weighted by Crippen LogP contribution is -2.65. The van der Waals surface area contributed by atoms with E-state index >= 15 is 28.8 Å². The van der Waals surface area contributed by atoms with E-state index in [4.69, 9.17) is 39.1 Å². The maximum absolute atomic E-state index is 16.3. The summed E-state index contributed by atoms with van der Waals surface area (Å²) >= 11 is 0. The second kappa shape index (κ2) is 49.2. The highest BCUT2D eigenvalue weighted by Gasteiger charge is 2.47. The summed E-state index contributed by atoms with van der Waals surface area (Å²) in [4.78, 5) is 245. The Morgan fingerprint density at radius 2 is 1.18 bits per heavy atom. The zero-order valence-electron chi connectivity index (χ0n) is 73.4. The molecule has 0 saturated carbocycles. The van der Waals surface area contributed by atoms with E-state index in [1.807, 2.05) is 25.1 Å². The van der Waals surface area contributed by atoms with Crippen LogP contribution in [0, 0.1) is 6.92 Å². The number of ether oxygens (including phenoxy) is 1. The van der Waals surface area contributed by atoms with Crippen LogP contribution in [0.2, 0.25) is 0 Å². The van der Waals surface area contributed by atoms with Crippen molar-refractivity contribution < 1.29 is 96.5 Å². The van der Waals surface area contributed by atoms with Gasteiger partial charge in [0.2, 0.25) is 94.5 Å². The number of primary amides is 4. The van der Waals surface area contributed by atoms with Gasteiger partial charge in [0.25, 0.3) is 0 Å². The summed E-state index contributed by atoms with van der Waals surface area (Å²) in [6.07, 6.45) is -4.68. The fraction of sp³-hybridized carbons (Fsp3) is 0.518. The molecule has 700 valence electrons. The predicted octanol–water partition coefficient (Wildman–Crippen LogP) is -2.94. The fourth-order valence-corrected chi connectivity index (χ4v) is 16.9. The summed E-state index contributed by atoms with van der Waals surface area (Å²) in [6.45, 7) is 14.1. The van der Waals surface area contributed by atoms with Crippen LogP contribution in [-0.4, -0.2) is 242 Å². The maximum Gasteiger partial charge on any atom is 0.312 e. The molecule has 18 amide bonds. The van der Waals surface area contributed by atoms with Gasteiger partial charge in [-0.2, -0.15) is 0 Å². The molecule has 41 nitrogen and oxygen atoms in total. The molecule has 1 aromatic heterocycles. The van der Waals surface area contributed by atoms with E-state index < -0.39 is 208 Å². The van der Waals surface area contributed by atoms with Gasteiger partial charge in [-0.15, -0.1) is 0 Å². The quantitative estimate of drug-likeness (QED) is 0.0137. The number of aromatic nitrogens is 1. The monoisotopic (exact) mass is 1820 g/mol. The highest BCUT2D eigenvalue weighted by Crippen LogP contribution is 2.47. The SMILES string of the molecule is CC(=O)NCCCC[C@H](NC(=O)[C@](C)(CCCCN)NC(=O)[C@H](Cc1ccc2ccccc2c1)NC(=O)[C@H](Cc1ccc(OCCN)cc1)NC(=O)[C@H]1NC(=O)[C@H](CCCNC(N)=O)NC(=O)[C@H](Cc2c[nH]c3c(C)cccc23)NC(=O)[C@H]([C@@H](C)O)NC(=O)[C@H](CC(N)=O)NC(=O)[C@@H](NC(C)=O)C(C)(C)SSC1(C)C)C(=O)N[C@@H](CC(N)=O)C(=O)NC(C(N)=O)[C@H](C)O. The third-order valence-corrected chi connectivity index (χ3v) is 25.4. The molecule has 0 radical (unpaired) electrons. The molecule has 29 N–H and O–H groups in total. The number of carbonyl (C=O) groups excluding carboxylic acids is 17. The van der Waals surface area contributed by atoms with Crippen LogP contribution in [0.4, 0.5) is 4.79 Å². The number of aliphatic hydroxyl groups is 2. The van der Waals surface area contributed by atoms with Crippen molar-refractivity contribution in [3.05, 3.63) is 113 Å². The summed E-state index contributed by atoms with van der Waals surface area (Å²) in [6, 6.07) is 3.64. The number of para-hydroxylation sites is 1. The number of H-pyrrole nitrogens is 1. The van der Waals surface area contributed by atoms with E-state index in [-0.39, 0.29) is 103 Å². The molecule has 4 aromatic carbocycles. The van der Waals surface area contributed by atoms with E-state index in [2.05, 4.69) is 79.4 Å². The Labute approximate surface area is 748 Å². The Balaban J connectivity index is 1.54. The summed E-state index contributed by atoms with van der Waals surface area (Å²) in [7, 11) is 1.76. The average Bonchev–Trinajstić information content (AvgIpc) is 1.61. The van der Waals surface area contributed by atoms with Crippen molar-refractivity contribution in [2.75, 3.05) is 32.8 Å². The number of amides is 18. The second-order valence-corrected chi connectivity index (χ2v) is 36.3. The molecule has 1 saturated heterocycles. The lowest BCUT2D eigenvalue weighted by atomic mass is 9.91. The van der Waals surface area contributed by atoms with Crippen molar-refractivity contribution >= 4 is 144 Å². The molecule has 1 aliphatic rings. The van der Waals surface area contributed by atoms with Crippen LogP contribution in [-0.2, 0) is 96.0 Å². The van der Waals surface area contributed by atoms with Crippen LogP contribution < -0.4 is 114 Å². The molecular weight excluding hydrogens is 1700 g/mol. The van der Waals surface area contributed by atoms with Gasteiger partial charge >= 0.3 is 6.03 Å². The number of fused-ring (bicyclic) bond motifs is 2. The van der Waals surface area contributed by atoms with E-state index in [1.54, 1.807) is 72.9 Å². The molecule has 0 spiro atoms. The summed E-state index contributed by atoms with van der Waals surface area (Å²) in [5, 5.41) is 60.1. The van der Waals surface area contributed by atoms with E-state index in [9.17, 15) is 63.0 Å². The van der Waals surface area contributed by atoms with Crippen LogP contribution in [0.15, 0.2) is 91.1 Å². The van der Waals surface area contributed by atoms with Crippen LogP contribution in [0.25, 0.3) is 21.7 Å². The molecular formula is C85H123N21O20S2. The predicted molar refractivity (Wildman–Crippen MR) is 478 cm³/mol. The maximum atomic E-state index is 16.3. The first kappa shape index (κ1) is 105. The number of unbranched alkanes of at least 4 members (excludes halogenated alkanes) is 2. The van der Waals surface area contributed by atoms with Crippen LogP contribution in [0.1, 0.15) is 149 Å². The number of rotatable bonds is 42. The Morgan fingerprint density at radius 3 is 1.80 bits per heavy atom. The number of hydrogen-bond acceptors (Lipinski definition) is 24. The minimum absolute atomic E-state index is 0.101. The minimum Gasteiger partial charge on any atom is -0.492 e. The normalized spacial score (nSPS) is 19.6. The van der Waals surface area contributed by atoms with E-state index in [0.717, 1.165) is 53.3 Å². The van der Waals surface area contributed by atoms with Gasteiger partial charge in [0, 0.05) is 79.3 Å². The van der Waals surface area contributed by atoms with Gasteiger partial charge in [-0.25, -0.2) is 4.79 Å². The summed E-state index contributed by atoms with van der Waals surface area (Å²) < 4.78 is 2.50. The molecule has 1 fully saturated rings. The van der Waals surface area contributed by atoms with Crippen LogP contribution >= 0.6 is 21.6 Å². The molecule has 2 heterocycles. The number of nitrogens with two attached hydrogens (primary N) is 6. The molecule has 128 heavy (non-hydrogen) atoms. The number of aryl methyl sites for hydroxylation is 1. The zero-order valence-corrected chi connectivity index (χ0v) is 75.1. The molecule has 0 aliphatic carbocycles. The fourth-order valence-electron chi connectivity index (χ4n) is 14.1. The Bertz CT molecular complexity index is 4800. The summed E-state index contributed by atoms with van der Waals surface area (Å²) in [5.74, 6) is -16.3. The lowest BCUT2D eigenvalue weighted by Gasteiger charge is -2.39. The van der Waals surface area contributed by atoms with Crippen LogP contribution in [0.5, 0.6) is 5.75 Å². The number of aromatic amines is 1. The number of carbonyl (C=O) groups is 17. The summed E-state index contributed by atoms with van der Waals surface area (Å²) in [5.41, 5.74) is 34.5. The van der Waals surface area contributed by atoms with Crippen LogP contribution in [0.3, 0.4) is 0 Å². The third kappa shape index (κ3) is 32.3. The second-order valence-electron chi connectivity index (χ2n) is 32.9. The van der Waals surface area contributed by atoms with Crippen molar-refractivity contribution in [1.29, 1.82) is 0 Å². The van der Waals surface area contributed by atoms with E-state index in [1.165, 1.54) is 41.5 Å². The van der Waals surface area contributed by atoms with Gasteiger partial charge in [-0.1, -0.05) is 94.4 Å². The average molecular weight is 1820 g/mol. The Kier molecular flexibility index (Phi) is 40.2. The Morgan fingerprint density at radius 1 is 0.578 bits per heavy atom. The molecule has 1 aliphatic heterocycles. The largest absolute Gasteiger partial charge is 0.492 e. The minimum atomic E-state index is -2.06. The van der Waals surface area contributed by atoms with Gasteiger partial charge < -0.3 is 129 Å². The van der Waals surface area contributed by atoms with Gasteiger partial charge in [0.1, 0.15) is 84.4 Å². The number of aliphatic hydroxyl groups excluding tert-OH is 2. The van der Waals surface area contributed by atoms with Gasteiger partial charge in [0.05, 0.1) is 25.0 Å². The zero-order chi connectivity index (χ0) is 95.1. The first-order chi connectivity index (χ1) is 60.3.